The molecule has 0 aromatic heterocycles. The largest absolute Gasteiger partial charge is 0.497 e. The van der Waals surface area contributed by atoms with E-state index in [0.29, 0.717) is 5.75 Å². The van der Waals surface area contributed by atoms with Gasteiger partial charge in [0.2, 0.25) is 0 Å². The molecule has 0 aliphatic carbocycles. The molecule has 1 aromatic carbocycles. The molecule has 2 unspecified atom stereocenters. The molecule has 108 valence electrons. The Balaban J connectivity index is 2.79. The molecule has 0 fully saturated rings. The minimum atomic E-state index is -0.807. The molecule has 0 spiro atoms. The summed E-state index contributed by atoms with van der Waals surface area (Å²) in [7, 11) is 0.856. The smallest absolute Gasteiger partial charge is 0.118 e. The van der Waals surface area contributed by atoms with Crippen LogP contribution in [-0.4, -0.2) is 28.9 Å². The number of nitrogens with one attached hydrogen (secondary N) is 1. The fraction of sp³-hybridized carbons (Fsp3) is 0.600. The van der Waals surface area contributed by atoms with Crippen LogP contribution in [0.5, 0.6) is 5.75 Å². The Hall–Kier alpha value is -0.870. The molecule has 1 rings (SSSR count). The topological polar surface area (TPSA) is 38.3 Å². The zero-order valence-corrected chi connectivity index (χ0v) is 13.1. The highest BCUT2D eigenvalue weighted by Crippen LogP contribution is 2.19. The number of benzene rings is 1. The van der Waals surface area contributed by atoms with E-state index < -0.39 is 10.8 Å². The first kappa shape index (κ1) is 16.2. The Bertz CT molecular complexity index is 390. The number of hydrogen-bond acceptors (Lipinski definition) is 3. The fourth-order valence-corrected chi connectivity index (χ4v) is 2.81. The molecule has 1 aromatic rings. The summed E-state index contributed by atoms with van der Waals surface area (Å²) in [6.07, 6.45) is 1.07. The molecule has 0 bridgehead atoms. The minimum Gasteiger partial charge on any atom is -0.497 e. The third-order valence-corrected chi connectivity index (χ3v) is 4.73. The highest BCUT2D eigenvalue weighted by atomic mass is 32.2. The second-order valence-electron chi connectivity index (χ2n) is 4.88. The van der Waals surface area contributed by atoms with Gasteiger partial charge in [0.1, 0.15) is 5.75 Å². The monoisotopic (exact) mass is 283 g/mol. The molecule has 19 heavy (non-hydrogen) atoms. The molecule has 0 amide bonds. The molecule has 0 saturated carbocycles. The van der Waals surface area contributed by atoms with Gasteiger partial charge in [0.15, 0.2) is 0 Å². The SMILES string of the molecule is CCCNC(CS(=O)C(C)C)c1ccc(OC)cc1. The third kappa shape index (κ3) is 5.33. The van der Waals surface area contributed by atoms with Crippen LogP contribution in [0.2, 0.25) is 0 Å². The Labute approximate surface area is 119 Å². The lowest BCUT2D eigenvalue weighted by atomic mass is 10.1. The van der Waals surface area contributed by atoms with E-state index in [4.69, 9.17) is 4.74 Å². The van der Waals surface area contributed by atoms with Crippen LogP contribution in [0, 0.1) is 0 Å². The molecule has 0 heterocycles. The van der Waals surface area contributed by atoms with Crippen LogP contribution < -0.4 is 10.1 Å². The molecule has 1 N–H and O–H groups in total. The van der Waals surface area contributed by atoms with Gasteiger partial charge in [-0.1, -0.05) is 32.9 Å². The van der Waals surface area contributed by atoms with Crippen molar-refractivity contribution in [2.75, 3.05) is 19.4 Å². The van der Waals surface area contributed by atoms with Crippen molar-refractivity contribution in [3.63, 3.8) is 0 Å². The first-order chi connectivity index (χ1) is 9.08. The van der Waals surface area contributed by atoms with E-state index in [0.717, 1.165) is 18.7 Å². The summed E-state index contributed by atoms with van der Waals surface area (Å²) < 4.78 is 17.2. The fourth-order valence-electron chi connectivity index (χ4n) is 1.78. The average molecular weight is 283 g/mol. The van der Waals surface area contributed by atoms with Gasteiger partial charge in [-0.15, -0.1) is 0 Å². The first-order valence-electron chi connectivity index (χ1n) is 6.83. The van der Waals surface area contributed by atoms with Gasteiger partial charge in [0.05, 0.1) is 7.11 Å². The normalized spacial score (nSPS) is 14.4. The van der Waals surface area contributed by atoms with E-state index in [2.05, 4.69) is 12.2 Å². The summed E-state index contributed by atoms with van der Waals surface area (Å²) in [6.45, 7) is 7.07. The second-order valence-corrected chi connectivity index (χ2v) is 6.91. The number of ether oxygens (including phenoxy) is 1. The molecule has 3 nitrogen and oxygen atoms in total. The van der Waals surface area contributed by atoms with Crippen molar-refractivity contribution in [2.45, 2.75) is 38.5 Å². The molecule has 0 saturated heterocycles. The van der Waals surface area contributed by atoms with Crippen LogP contribution in [0.15, 0.2) is 24.3 Å². The molecule has 0 radical (unpaired) electrons. The minimum absolute atomic E-state index is 0.147. The van der Waals surface area contributed by atoms with Gasteiger partial charge in [-0.2, -0.15) is 0 Å². The number of rotatable bonds is 8. The maximum Gasteiger partial charge on any atom is 0.118 e. The Kier molecular flexibility index (Phi) is 7.10. The first-order valence-corrected chi connectivity index (χ1v) is 8.21. The van der Waals surface area contributed by atoms with E-state index in [1.165, 1.54) is 5.56 Å². The van der Waals surface area contributed by atoms with Gasteiger partial charge in [0, 0.05) is 27.8 Å². The van der Waals surface area contributed by atoms with Crippen molar-refractivity contribution in [1.82, 2.24) is 5.32 Å². The summed E-state index contributed by atoms with van der Waals surface area (Å²) in [5, 5.41) is 3.67. The van der Waals surface area contributed by atoms with Gasteiger partial charge < -0.3 is 10.1 Å². The molecular formula is C15H25NO2S. The van der Waals surface area contributed by atoms with Crippen LogP contribution in [0.3, 0.4) is 0 Å². The molecule has 2 atom stereocenters. The highest BCUT2D eigenvalue weighted by molar-refractivity contribution is 7.85. The van der Waals surface area contributed by atoms with Crippen LogP contribution in [0.25, 0.3) is 0 Å². The number of methoxy groups -OCH3 is 1. The van der Waals surface area contributed by atoms with Crippen molar-refractivity contribution in [3.05, 3.63) is 29.8 Å². The summed E-state index contributed by atoms with van der Waals surface area (Å²) in [4.78, 5) is 0. The highest BCUT2D eigenvalue weighted by Gasteiger charge is 2.16. The van der Waals surface area contributed by atoms with Crippen LogP contribution in [0.1, 0.15) is 38.8 Å². The van der Waals surface area contributed by atoms with Gasteiger partial charge in [-0.25, -0.2) is 0 Å². The summed E-state index contributed by atoms with van der Waals surface area (Å²) in [5.41, 5.74) is 1.17. The van der Waals surface area contributed by atoms with Crippen molar-refractivity contribution >= 4 is 10.8 Å². The lowest BCUT2D eigenvalue weighted by Crippen LogP contribution is -2.28. The van der Waals surface area contributed by atoms with E-state index in [1.54, 1.807) is 7.11 Å². The predicted molar refractivity (Wildman–Crippen MR) is 82.2 cm³/mol. The molecule has 0 aliphatic rings. The van der Waals surface area contributed by atoms with Crippen LogP contribution in [0.4, 0.5) is 0 Å². The average Bonchev–Trinajstić information content (AvgIpc) is 2.43. The van der Waals surface area contributed by atoms with Crippen LogP contribution in [-0.2, 0) is 10.8 Å². The Morgan fingerprint density at radius 1 is 1.26 bits per heavy atom. The third-order valence-electron chi connectivity index (χ3n) is 3.02. The lowest BCUT2D eigenvalue weighted by Gasteiger charge is -2.20. The van der Waals surface area contributed by atoms with Crippen molar-refractivity contribution < 1.29 is 8.95 Å². The van der Waals surface area contributed by atoms with E-state index in [-0.39, 0.29) is 11.3 Å². The maximum absolute atomic E-state index is 12.1. The molecule has 0 aliphatic heterocycles. The lowest BCUT2D eigenvalue weighted by molar-refractivity contribution is 0.414. The molecular weight excluding hydrogens is 258 g/mol. The maximum atomic E-state index is 12.1. The zero-order valence-electron chi connectivity index (χ0n) is 12.3. The van der Waals surface area contributed by atoms with Crippen molar-refractivity contribution in [1.29, 1.82) is 0 Å². The van der Waals surface area contributed by atoms with Gasteiger partial charge in [-0.3, -0.25) is 4.21 Å². The van der Waals surface area contributed by atoms with E-state index in [1.807, 2.05) is 38.1 Å². The zero-order chi connectivity index (χ0) is 14.3. The van der Waals surface area contributed by atoms with E-state index >= 15 is 0 Å². The van der Waals surface area contributed by atoms with Crippen LogP contribution >= 0.6 is 0 Å². The summed E-state index contributed by atoms with van der Waals surface area (Å²) in [6, 6.07) is 8.14. The van der Waals surface area contributed by atoms with Crippen molar-refractivity contribution in [3.8, 4) is 5.75 Å². The van der Waals surface area contributed by atoms with Gasteiger partial charge in [0.25, 0.3) is 0 Å². The quantitative estimate of drug-likeness (QED) is 0.797. The molecule has 4 heteroatoms. The number of hydrogen-bond donors (Lipinski definition) is 1. The summed E-state index contributed by atoms with van der Waals surface area (Å²) >= 11 is 0. The second kappa shape index (κ2) is 8.33. The van der Waals surface area contributed by atoms with Gasteiger partial charge >= 0.3 is 0 Å². The Morgan fingerprint density at radius 3 is 2.37 bits per heavy atom. The van der Waals surface area contributed by atoms with Gasteiger partial charge in [-0.05, 0) is 30.7 Å². The Morgan fingerprint density at radius 2 is 1.89 bits per heavy atom. The summed E-state index contributed by atoms with van der Waals surface area (Å²) in [5.74, 6) is 1.51. The van der Waals surface area contributed by atoms with Crippen molar-refractivity contribution in [2.24, 2.45) is 0 Å². The standard InChI is InChI=1S/C15H25NO2S/c1-5-10-16-15(11-19(17)12(2)3)13-6-8-14(18-4)9-7-13/h6-9,12,15-16H,5,10-11H2,1-4H3. The predicted octanol–water partition coefficient (Wildman–Crippen LogP) is 2.89. The van der Waals surface area contributed by atoms with E-state index in [9.17, 15) is 4.21 Å².